The molecule has 0 saturated heterocycles. The Bertz CT molecular complexity index is 5360. The second-order valence-corrected chi connectivity index (χ2v) is 26.6. The van der Waals surface area contributed by atoms with Crippen LogP contribution in [0.4, 0.5) is 42.9 Å². The molecule has 1 heterocycles. The Morgan fingerprint density at radius 1 is 0.303 bits per heavy atom. The molecule has 1 aromatic heterocycles. The number of fused-ring (bicyclic) bond motifs is 9. The number of hydrogen-bond donors (Lipinski definition) is 0. The fraction of sp³-hybridized carbons (Fsp3) is 0.0638. The maximum absolute atomic E-state index is 15.3. The van der Waals surface area contributed by atoms with Gasteiger partial charge in [0.2, 0.25) is 0 Å². The van der Waals surface area contributed by atoms with E-state index >= 15 is 8.78 Å². The summed E-state index contributed by atoms with van der Waals surface area (Å²) in [4.78, 5) is 4.47. The summed E-state index contributed by atoms with van der Waals surface area (Å²) in [6.45, 7) is 16.8. The predicted molar refractivity (Wildman–Crippen MR) is 408 cm³/mol. The Morgan fingerprint density at radius 3 is 1.02 bits per heavy atom. The van der Waals surface area contributed by atoms with Gasteiger partial charge in [-0.05, 0) is 248 Å². The number of aryl methyl sites for hydroxylation is 4. The topological polar surface area (TPSA) is 19.6 Å². The molecule has 0 bridgehead atoms. The summed E-state index contributed by atoms with van der Waals surface area (Å²) in [6, 6.07) is 107. The van der Waals surface area contributed by atoms with Crippen molar-refractivity contribution in [2.45, 2.75) is 38.5 Å². The molecule has 3 nitrogen and oxygen atoms in total. The third-order valence-corrected chi connectivity index (χ3v) is 20.9. The minimum atomic E-state index is -0.732. The van der Waals surface area contributed by atoms with Gasteiger partial charge in [0.1, 0.15) is 22.8 Å². The van der Waals surface area contributed by atoms with Crippen molar-refractivity contribution in [1.29, 1.82) is 0 Å². The fourth-order valence-corrected chi connectivity index (χ4v) is 16.2. The van der Waals surface area contributed by atoms with Gasteiger partial charge in [0, 0.05) is 44.9 Å². The minimum Gasteiger partial charge on any atom is -0.456 e. The van der Waals surface area contributed by atoms with Gasteiger partial charge in [-0.15, -0.1) is 0 Å². The van der Waals surface area contributed by atoms with Gasteiger partial charge in [0.25, 0.3) is 0 Å². The first-order valence-corrected chi connectivity index (χ1v) is 33.8. The highest BCUT2D eigenvalue weighted by Crippen LogP contribution is 2.61. The molecule has 2 aliphatic carbocycles. The van der Waals surface area contributed by atoms with E-state index in [0.717, 1.165) is 112 Å². The Balaban J connectivity index is 0.831. The van der Waals surface area contributed by atoms with Crippen molar-refractivity contribution in [3.8, 4) is 44.5 Å². The molecule has 0 spiro atoms. The van der Waals surface area contributed by atoms with Crippen LogP contribution in [0.25, 0.3) is 78.6 Å². The molecule has 0 fully saturated rings. The zero-order chi connectivity index (χ0) is 67.3. The van der Waals surface area contributed by atoms with Crippen molar-refractivity contribution >= 4 is 68.2 Å². The molecule has 2 atom stereocenters. The number of hydrogen-bond acceptors (Lipinski definition) is 3. The van der Waals surface area contributed by atoms with Crippen LogP contribution < -0.4 is 9.80 Å². The van der Waals surface area contributed by atoms with Gasteiger partial charge in [0.15, 0.2) is 0 Å². The van der Waals surface area contributed by atoms with Crippen LogP contribution in [0.15, 0.2) is 321 Å². The van der Waals surface area contributed by atoms with E-state index in [9.17, 15) is 0 Å². The third kappa shape index (κ3) is 9.82. The van der Waals surface area contributed by atoms with Gasteiger partial charge < -0.3 is 14.2 Å². The van der Waals surface area contributed by atoms with Crippen LogP contribution in [0.1, 0.15) is 77.9 Å². The van der Waals surface area contributed by atoms with Gasteiger partial charge >= 0.3 is 0 Å². The lowest BCUT2D eigenvalue weighted by molar-refractivity contribution is 0.627. The first kappa shape index (κ1) is 60.5. The van der Waals surface area contributed by atoms with E-state index in [1.165, 1.54) is 79.9 Å². The van der Waals surface area contributed by atoms with Crippen LogP contribution in [0, 0.1) is 39.3 Å². The van der Waals surface area contributed by atoms with Crippen molar-refractivity contribution in [2.75, 3.05) is 9.80 Å². The second-order valence-electron chi connectivity index (χ2n) is 26.6. The third-order valence-electron chi connectivity index (χ3n) is 20.9. The molecule has 99 heavy (non-hydrogen) atoms. The highest BCUT2D eigenvalue weighted by atomic mass is 19.1. The number of benzene rings is 14. The van der Waals surface area contributed by atoms with E-state index in [1.807, 2.05) is 48.6 Å². The van der Waals surface area contributed by atoms with E-state index in [2.05, 4.69) is 293 Å². The smallest absolute Gasteiger partial charge is 0.135 e. The van der Waals surface area contributed by atoms with Gasteiger partial charge in [-0.3, -0.25) is 0 Å². The fourth-order valence-electron chi connectivity index (χ4n) is 16.2. The van der Waals surface area contributed by atoms with E-state index < -0.39 is 10.8 Å². The normalized spacial score (nSPS) is 14.9. The number of halogens is 2. The largest absolute Gasteiger partial charge is 0.456 e. The van der Waals surface area contributed by atoms with Crippen LogP contribution in [0.2, 0.25) is 0 Å². The minimum absolute atomic E-state index is 0.323. The molecule has 14 aromatic carbocycles. The van der Waals surface area contributed by atoms with Crippen molar-refractivity contribution < 1.29 is 13.2 Å². The lowest BCUT2D eigenvalue weighted by Gasteiger charge is -2.36. The highest BCUT2D eigenvalue weighted by molar-refractivity contribution is 6.08. The standard InChI is InChI=1S/C94H68F2N2O/c1-7-63-21-25-65(26-22-63)67-29-33-69(34-30-67)93(87-53-59(3)17-19-61(87)5)85-15-11-9-13-79(85)81-49-45-77(57-89(81)93)97(73-41-37-71(95)38-42-73)75-47-51-91-83(55-75)84-56-76(48-52-92(84)99-91)98(74-43-39-72(96)40-44-74)78-46-50-82-80-14-10-12-16-86(80)94(90(82)58-78,88-54-60(4)18-20-62(88)6)70-35-31-68(32-36-70)66-27-23-64(8-2)24-28-66/h7-58H,1-2H2,3-6H3. The first-order valence-electron chi connectivity index (χ1n) is 33.8. The second kappa shape index (κ2) is 23.9. The van der Waals surface area contributed by atoms with Crippen molar-refractivity contribution in [2.24, 2.45) is 0 Å². The molecule has 474 valence electrons. The summed E-state index contributed by atoms with van der Waals surface area (Å²) in [6.07, 6.45) is 3.75. The maximum Gasteiger partial charge on any atom is 0.135 e. The molecule has 5 heteroatoms. The predicted octanol–water partition coefficient (Wildman–Crippen LogP) is 25.4. The summed E-state index contributed by atoms with van der Waals surface area (Å²) in [5.74, 6) is -0.646. The molecule has 2 unspecified atom stereocenters. The van der Waals surface area contributed by atoms with E-state index in [4.69, 9.17) is 4.42 Å². The molecule has 0 aliphatic heterocycles. The summed E-state index contributed by atoms with van der Waals surface area (Å²) in [7, 11) is 0. The first-order chi connectivity index (χ1) is 48.4. The lowest BCUT2D eigenvalue weighted by atomic mass is 9.66. The molecule has 0 N–H and O–H groups in total. The Labute approximate surface area is 576 Å². The Morgan fingerprint density at radius 2 is 0.636 bits per heavy atom. The van der Waals surface area contributed by atoms with Crippen LogP contribution >= 0.6 is 0 Å². The number of rotatable bonds is 14. The van der Waals surface area contributed by atoms with Gasteiger partial charge in [-0.25, -0.2) is 8.78 Å². The number of furan rings is 1. The van der Waals surface area contributed by atoms with Crippen molar-refractivity contribution in [1.82, 2.24) is 0 Å². The zero-order valence-corrected chi connectivity index (χ0v) is 55.5. The quantitative estimate of drug-likeness (QED) is 0.108. The van der Waals surface area contributed by atoms with Crippen molar-refractivity contribution in [3.05, 3.63) is 406 Å². The van der Waals surface area contributed by atoms with E-state index in [1.54, 1.807) is 0 Å². The molecular formula is C94H68F2N2O. The monoisotopic (exact) mass is 1280 g/mol. The van der Waals surface area contributed by atoms with Crippen LogP contribution in [-0.2, 0) is 10.8 Å². The van der Waals surface area contributed by atoms with Gasteiger partial charge in [-0.2, -0.15) is 0 Å². The zero-order valence-electron chi connectivity index (χ0n) is 55.5. The van der Waals surface area contributed by atoms with Crippen LogP contribution in [0.3, 0.4) is 0 Å². The van der Waals surface area contributed by atoms with Crippen LogP contribution in [-0.4, -0.2) is 0 Å². The summed E-state index contributed by atoms with van der Waals surface area (Å²) < 4.78 is 37.4. The average molecular weight is 1280 g/mol. The van der Waals surface area contributed by atoms with Gasteiger partial charge in [-0.1, -0.05) is 231 Å². The molecule has 0 amide bonds. The molecule has 2 aliphatic rings. The van der Waals surface area contributed by atoms with E-state index in [0.29, 0.717) is 11.2 Å². The summed E-state index contributed by atoms with van der Waals surface area (Å²) in [5, 5.41) is 1.79. The van der Waals surface area contributed by atoms with Gasteiger partial charge in [0.05, 0.1) is 10.8 Å². The summed E-state index contributed by atoms with van der Waals surface area (Å²) >= 11 is 0. The molecular weight excluding hydrogens is 1210 g/mol. The number of anilines is 6. The van der Waals surface area contributed by atoms with Crippen molar-refractivity contribution in [3.63, 3.8) is 0 Å². The maximum atomic E-state index is 15.3. The molecule has 17 rings (SSSR count). The molecule has 0 saturated carbocycles. The Kier molecular flexibility index (Phi) is 14.6. The molecule has 15 aromatic rings. The van der Waals surface area contributed by atoms with E-state index in [-0.39, 0.29) is 11.6 Å². The van der Waals surface area contributed by atoms with Crippen LogP contribution in [0.5, 0.6) is 0 Å². The molecule has 0 radical (unpaired) electrons. The number of nitrogens with zero attached hydrogens (tertiary/aromatic N) is 2. The lowest BCUT2D eigenvalue weighted by Crippen LogP contribution is -2.30. The highest BCUT2D eigenvalue weighted by Gasteiger charge is 2.49. The Hall–Kier alpha value is -12.2. The summed E-state index contributed by atoms with van der Waals surface area (Å²) in [5.41, 5.74) is 30.5. The average Bonchev–Trinajstić information content (AvgIpc) is 1.56. The SMILES string of the molecule is C=Cc1ccc(-c2ccc(C3(c4cc(C)ccc4C)c4ccccc4-c4ccc(N(c5ccc(F)cc5)c5ccc6oc7ccc(N(c8ccc(F)cc8)c8ccc9c(c8)C(c8ccc(-c%10ccc(C=C)cc%10)cc8)(c8cc(C)ccc8C)c8ccccc8-9)cc7c6c5)cc43)cc2)cc1.